The molecule has 3 aromatic rings. The Morgan fingerprint density at radius 3 is 2.29 bits per heavy atom. The number of para-hydroxylation sites is 1. The Balaban J connectivity index is 1.55. The highest BCUT2D eigenvalue weighted by molar-refractivity contribution is 6.21. The molecule has 3 heterocycles. The lowest BCUT2D eigenvalue weighted by Crippen LogP contribution is -2.52. The van der Waals surface area contributed by atoms with Crippen molar-refractivity contribution < 1.29 is 37.1 Å². The number of hydrazine groups is 1. The predicted octanol–water partition coefficient (Wildman–Crippen LogP) is 2.95. The van der Waals surface area contributed by atoms with Crippen molar-refractivity contribution in [3.63, 3.8) is 0 Å². The van der Waals surface area contributed by atoms with Gasteiger partial charge in [0, 0.05) is 23.9 Å². The number of benzene rings is 2. The first kappa shape index (κ1) is 25.2. The molecule has 9 nitrogen and oxygen atoms in total. The summed E-state index contributed by atoms with van der Waals surface area (Å²) >= 11 is 0. The Morgan fingerprint density at radius 2 is 1.66 bits per heavy atom. The number of aryl methyl sites for hydroxylation is 1. The zero-order valence-electron chi connectivity index (χ0n) is 20.0. The number of alkyl halides is 3. The van der Waals surface area contributed by atoms with E-state index in [1.165, 1.54) is 18.2 Å². The first-order valence-corrected chi connectivity index (χ1v) is 11.6. The lowest BCUT2D eigenvalue weighted by atomic mass is 10.00. The van der Waals surface area contributed by atoms with Crippen LogP contribution in [0, 0.1) is 0 Å². The minimum Gasteiger partial charge on any atom is -0.468 e. The van der Waals surface area contributed by atoms with Gasteiger partial charge in [0.2, 0.25) is 0 Å². The minimum atomic E-state index is -5.10. The van der Waals surface area contributed by atoms with Crippen LogP contribution < -0.4 is 10.7 Å². The van der Waals surface area contributed by atoms with Gasteiger partial charge >= 0.3 is 18.1 Å². The number of hydrogen-bond donors (Lipinski definition) is 2. The molecular weight excluding hydrogens is 505 g/mol. The van der Waals surface area contributed by atoms with Gasteiger partial charge in [0.1, 0.15) is 6.04 Å². The minimum absolute atomic E-state index is 0.0471. The molecule has 1 atom stereocenters. The average Bonchev–Trinajstić information content (AvgIpc) is 3.35. The SMILES string of the molecule is COC(=O)[C@H](Cc1c2n(c3ccccc13)CCC=C2NC(=O)C(F)(F)F)NN1C(=O)c2ccccc2C1=O. The number of carbonyl (C=O) groups is 4. The number of nitrogens with zero attached hydrogens (tertiary/aromatic N) is 2. The smallest absolute Gasteiger partial charge is 0.468 e. The van der Waals surface area contributed by atoms with Crippen molar-refractivity contribution in [2.24, 2.45) is 0 Å². The summed E-state index contributed by atoms with van der Waals surface area (Å²) in [4.78, 5) is 50.4. The highest BCUT2D eigenvalue weighted by atomic mass is 19.4. The predicted molar refractivity (Wildman–Crippen MR) is 128 cm³/mol. The Morgan fingerprint density at radius 1 is 1.03 bits per heavy atom. The Kier molecular flexibility index (Phi) is 6.27. The van der Waals surface area contributed by atoms with E-state index in [9.17, 15) is 32.3 Å². The molecule has 1 aromatic heterocycles. The fraction of sp³-hybridized carbons (Fsp3) is 0.231. The molecule has 12 heteroatoms. The third kappa shape index (κ3) is 4.22. The molecule has 0 unspecified atom stereocenters. The highest BCUT2D eigenvalue weighted by Crippen LogP contribution is 2.35. The number of imide groups is 1. The van der Waals surface area contributed by atoms with E-state index in [-0.39, 0.29) is 23.2 Å². The van der Waals surface area contributed by atoms with Crippen molar-refractivity contribution in [1.29, 1.82) is 0 Å². The van der Waals surface area contributed by atoms with E-state index in [0.29, 0.717) is 35.1 Å². The van der Waals surface area contributed by atoms with Crippen molar-refractivity contribution in [2.75, 3.05) is 7.11 Å². The zero-order chi connectivity index (χ0) is 27.2. The molecule has 0 bridgehead atoms. The van der Waals surface area contributed by atoms with Crippen molar-refractivity contribution in [3.8, 4) is 0 Å². The van der Waals surface area contributed by atoms with Crippen molar-refractivity contribution in [1.82, 2.24) is 20.3 Å². The van der Waals surface area contributed by atoms with Crippen LogP contribution in [0.5, 0.6) is 0 Å². The molecule has 3 amide bonds. The number of amides is 3. The summed E-state index contributed by atoms with van der Waals surface area (Å²) in [6.45, 7) is 0.427. The summed E-state index contributed by atoms with van der Waals surface area (Å²) < 4.78 is 45.9. The van der Waals surface area contributed by atoms with Gasteiger partial charge in [-0.05, 0) is 30.2 Å². The molecule has 0 spiro atoms. The van der Waals surface area contributed by atoms with E-state index in [1.807, 2.05) is 5.32 Å². The second-order valence-corrected chi connectivity index (χ2v) is 8.75. The van der Waals surface area contributed by atoms with Crippen LogP contribution in [0.3, 0.4) is 0 Å². The van der Waals surface area contributed by atoms with E-state index >= 15 is 0 Å². The number of halogens is 3. The Labute approximate surface area is 213 Å². The fourth-order valence-corrected chi connectivity index (χ4v) is 4.85. The number of fused-ring (bicyclic) bond motifs is 4. The van der Waals surface area contributed by atoms with Gasteiger partial charge in [-0.3, -0.25) is 19.2 Å². The number of esters is 1. The van der Waals surface area contributed by atoms with E-state index in [4.69, 9.17) is 4.74 Å². The van der Waals surface area contributed by atoms with Gasteiger partial charge < -0.3 is 14.6 Å². The van der Waals surface area contributed by atoms with Crippen LogP contribution in [0.25, 0.3) is 16.6 Å². The monoisotopic (exact) mass is 526 g/mol. The summed E-state index contributed by atoms with van der Waals surface area (Å²) in [5.41, 5.74) is 4.38. The maximum Gasteiger partial charge on any atom is 0.471 e. The van der Waals surface area contributed by atoms with Gasteiger partial charge in [-0.25, -0.2) is 10.4 Å². The first-order valence-electron chi connectivity index (χ1n) is 11.6. The number of aromatic nitrogens is 1. The lowest BCUT2D eigenvalue weighted by Gasteiger charge is -2.24. The molecule has 2 aliphatic heterocycles. The summed E-state index contributed by atoms with van der Waals surface area (Å²) in [7, 11) is 1.14. The third-order valence-corrected chi connectivity index (χ3v) is 6.51. The first-order chi connectivity index (χ1) is 18.1. The van der Waals surface area contributed by atoms with Gasteiger partial charge in [0.15, 0.2) is 0 Å². The van der Waals surface area contributed by atoms with Crippen molar-refractivity contribution in [3.05, 3.63) is 77.0 Å². The molecule has 196 valence electrons. The topological polar surface area (TPSA) is 110 Å². The number of rotatable bonds is 6. The summed E-state index contributed by atoms with van der Waals surface area (Å²) in [5.74, 6) is -4.23. The largest absolute Gasteiger partial charge is 0.471 e. The number of methoxy groups -OCH3 is 1. The molecule has 2 N–H and O–H groups in total. The quantitative estimate of drug-likeness (QED) is 0.378. The van der Waals surface area contributed by atoms with Gasteiger partial charge in [0.05, 0.1) is 29.6 Å². The molecule has 0 saturated carbocycles. The molecule has 0 fully saturated rings. The van der Waals surface area contributed by atoms with Gasteiger partial charge in [-0.2, -0.15) is 13.2 Å². The average molecular weight is 526 g/mol. The number of carbonyl (C=O) groups excluding carboxylic acids is 4. The second kappa shape index (κ2) is 9.45. The maximum atomic E-state index is 13.1. The van der Waals surface area contributed by atoms with Gasteiger partial charge in [0.25, 0.3) is 11.8 Å². The van der Waals surface area contributed by atoms with Gasteiger partial charge in [-0.15, -0.1) is 0 Å². The number of nitrogens with one attached hydrogen (secondary N) is 2. The molecule has 2 aliphatic rings. The van der Waals surface area contributed by atoms with Crippen LogP contribution in [0.15, 0.2) is 54.6 Å². The van der Waals surface area contributed by atoms with Crippen LogP contribution in [-0.4, -0.2) is 52.6 Å². The maximum absolute atomic E-state index is 13.1. The normalized spacial score (nSPS) is 15.7. The highest BCUT2D eigenvalue weighted by Gasteiger charge is 2.41. The molecule has 0 saturated heterocycles. The second-order valence-electron chi connectivity index (χ2n) is 8.75. The third-order valence-electron chi connectivity index (χ3n) is 6.51. The van der Waals surface area contributed by atoms with E-state index < -0.39 is 35.9 Å². The standard InChI is InChI=1S/C26H21F3N4O5/c1-38-24(36)19(31-33-22(34)15-8-2-3-9-16(15)23(33)35)13-17-14-7-4-5-11-20(14)32-12-6-10-18(21(17)32)30-25(37)26(27,28)29/h2-5,7-11,19,31H,6,12-13H2,1H3,(H,30,37)/t19-/m0/s1. The molecule has 0 radical (unpaired) electrons. The van der Waals surface area contributed by atoms with Gasteiger partial charge in [-0.1, -0.05) is 36.4 Å². The number of allylic oxidation sites excluding steroid dienone is 1. The van der Waals surface area contributed by atoms with Crippen LogP contribution in [0.4, 0.5) is 13.2 Å². The van der Waals surface area contributed by atoms with E-state index in [0.717, 1.165) is 12.1 Å². The fourth-order valence-electron chi connectivity index (χ4n) is 4.85. The summed E-state index contributed by atoms with van der Waals surface area (Å²) in [6, 6.07) is 11.9. The van der Waals surface area contributed by atoms with Crippen LogP contribution in [0.2, 0.25) is 0 Å². The molecule has 2 aromatic carbocycles. The zero-order valence-corrected chi connectivity index (χ0v) is 20.0. The van der Waals surface area contributed by atoms with Crippen LogP contribution >= 0.6 is 0 Å². The Hall–Kier alpha value is -4.45. The number of ether oxygens (including phenoxy) is 1. The summed E-state index contributed by atoms with van der Waals surface area (Å²) in [6.07, 6.45) is -3.41. The van der Waals surface area contributed by atoms with E-state index in [2.05, 4.69) is 5.43 Å². The lowest BCUT2D eigenvalue weighted by molar-refractivity contribution is -0.172. The van der Waals surface area contributed by atoms with Crippen LogP contribution in [0.1, 0.15) is 38.4 Å². The molecule has 5 rings (SSSR count). The molecule has 0 aliphatic carbocycles. The van der Waals surface area contributed by atoms with Crippen LogP contribution in [-0.2, 0) is 27.3 Å². The Bertz CT molecular complexity index is 1490. The summed E-state index contributed by atoms with van der Waals surface area (Å²) in [5, 5.41) is 3.32. The number of hydrogen-bond acceptors (Lipinski definition) is 6. The van der Waals surface area contributed by atoms with E-state index in [1.54, 1.807) is 41.0 Å². The van der Waals surface area contributed by atoms with Crippen molar-refractivity contribution in [2.45, 2.75) is 31.6 Å². The molecular formula is C26H21F3N4O5. The van der Waals surface area contributed by atoms with Crippen molar-refractivity contribution >= 4 is 40.3 Å². The molecule has 38 heavy (non-hydrogen) atoms.